The van der Waals surface area contributed by atoms with Crippen molar-refractivity contribution in [3.8, 4) is 11.5 Å². The summed E-state index contributed by atoms with van der Waals surface area (Å²) in [7, 11) is 0. The van der Waals surface area contributed by atoms with Gasteiger partial charge in [-0.05, 0) is 30.5 Å². The Morgan fingerprint density at radius 1 is 1.15 bits per heavy atom. The number of anilines is 1. The van der Waals surface area contributed by atoms with E-state index in [0.29, 0.717) is 42.6 Å². The molecule has 2 aliphatic heterocycles. The van der Waals surface area contributed by atoms with Gasteiger partial charge in [0.15, 0.2) is 16.6 Å². The van der Waals surface area contributed by atoms with E-state index in [9.17, 15) is 13.2 Å². The highest BCUT2D eigenvalue weighted by Crippen LogP contribution is 2.41. The Balaban J connectivity index is 1.56. The predicted octanol–water partition coefficient (Wildman–Crippen LogP) is 4.05. The Labute approximate surface area is 152 Å². The molecule has 1 saturated heterocycles. The molecular weight excluding hydrogens is 369 g/mol. The van der Waals surface area contributed by atoms with Gasteiger partial charge in [0.05, 0.1) is 6.20 Å². The van der Waals surface area contributed by atoms with Crippen LogP contribution in [0.2, 0.25) is 0 Å². The Morgan fingerprint density at radius 3 is 2.65 bits per heavy atom. The molecule has 0 aliphatic carbocycles. The lowest BCUT2D eigenvalue weighted by atomic mass is 9.74. The number of rotatable bonds is 4. The average Bonchev–Trinajstić information content (AvgIpc) is 3.29. The largest absolute Gasteiger partial charge is 0.454 e. The van der Waals surface area contributed by atoms with Crippen LogP contribution in [0.3, 0.4) is 0 Å². The molecule has 1 aromatic carbocycles. The molecule has 4 rings (SSSR count). The van der Waals surface area contributed by atoms with Crippen molar-refractivity contribution < 1.29 is 27.4 Å². The van der Waals surface area contributed by atoms with Crippen LogP contribution in [0.4, 0.5) is 18.3 Å². The summed E-state index contributed by atoms with van der Waals surface area (Å²) in [4.78, 5) is 3.16. The molecule has 2 aromatic rings. The van der Waals surface area contributed by atoms with Gasteiger partial charge in [0.2, 0.25) is 6.79 Å². The molecule has 9 heteroatoms. The van der Waals surface area contributed by atoms with E-state index < -0.39 is 11.1 Å². The maximum Gasteiger partial charge on any atom is 0.427 e. The third-order valence-corrected chi connectivity index (χ3v) is 5.80. The van der Waals surface area contributed by atoms with Crippen LogP contribution < -0.4 is 14.8 Å². The molecular formula is C17H17F3N2O3S. The van der Waals surface area contributed by atoms with Crippen molar-refractivity contribution in [1.82, 2.24) is 4.98 Å². The Bertz CT molecular complexity index is 788. The fourth-order valence-electron chi connectivity index (χ4n) is 3.29. The van der Waals surface area contributed by atoms with Crippen molar-refractivity contribution in [3.05, 3.63) is 34.8 Å². The number of nitrogens with one attached hydrogen (secondary N) is 1. The topological polar surface area (TPSA) is 52.6 Å². The third-order valence-electron chi connectivity index (χ3n) is 4.80. The summed E-state index contributed by atoms with van der Waals surface area (Å²) in [5.74, 6) is 1.40. The first-order chi connectivity index (χ1) is 12.5. The molecule has 0 bridgehead atoms. The molecule has 0 amide bonds. The lowest BCUT2D eigenvalue weighted by Crippen LogP contribution is -2.40. The van der Waals surface area contributed by atoms with Gasteiger partial charge >= 0.3 is 6.18 Å². The summed E-state index contributed by atoms with van der Waals surface area (Å²) >= 11 is 0.619. The highest BCUT2D eigenvalue weighted by atomic mass is 32.1. The minimum atomic E-state index is -4.37. The molecule has 0 spiro atoms. The Morgan fingerprint density at radius 2 is 1.92 bits per heavy atom. The van der Waals surface area contributed by atoms with E-state index in [2.05, 4.69) is 10.3 Å². The lowest BCUT2D eigenvalue weighted by Gasteiger charge is -2.38. The van der Waals surface area contributed by atoms with Gasteiger partial charge in [-0.3, -0.25) is 0 Å². The number of alkyl halides is 3. The van der Waals surface area contributed by atoms with Crippen molar-refractivity contribution >= 4 is 16.5 Å². The smallest absolute Gasteiger partial charge is 0.427 e. The highest BCUT2D eigenvalue weighted by Gasteiger charge is 2.37. The number of ether oxygens (including phenoxy) is 3. The maximum atomic E-state index is 12.8. The van der Waals surface area contributed by atoms with Gasteiger partial charge in [-0.2, -0.15) is 13.2 Å². The van der Waals surface area contributed by atoms with E-state index in [0.717, 1.165) is 24.6 Å². The molecule has 1 N–H and O–H groups in total. The van der Waals surface area contributed by atoms with Crippen LogP contribution in [0, 0.1) is 0 Å². The average molecular weight is 386 g/mol. The second-order valence-electron chi connectivity index (χ2n) is 6.34. The van der Waals surface area contributed by atoms with Crippen LogP contribution in [0.1, 0.15) is 23.3 Å². The summed E-state index contributed by atoms with van der Waals surface area (Å²) in [5, 5.41) is 3.36. The normalized spacial score (nSPS) is 18.7. The molecule has 0 atom stereocenters. The van der Waals surface area contributed by atoms with Crippen LogP contribution in [0.25, 0.3) is 0 Å². The van der Waals surface area contributed by atoms with Crippen molar-refractivity contribution in [2.24, 2.45) is 0 Å². The van der Waals surface area contributed by atoms with Gasteiger partial charge in [0.25, 0.3) is 0 Å². The number of fused-ring (bicyclic) bond motifs is 1. The van der Waals surface area contributed by atoms with Crippen molar-refractivity contribution in [2.45, 2.75) is 24.4 Å². The number of nitrogens with zero attached hydrogens (tertiary/aromatic N) is 1. The Kier molecular flexibility index (Phi) is 4.44. The van der Waals surface area contributed by atoms with Crippen LogP contribution in [-0.4, -0.2) is 31.5 Å². The van der Waals surface area contributed by atoms with Crippen LogP contribution in [-0.2, 0) is 16.3 Å². The molecule has 26 heavy (non-hydrogen) atoms. The van der Waals surface area contributed by atoms with Crippen LogP contribution in [0.5, 0.6) is 11.5 Å². The van der Waals surface area contributed by atoms with Gasteiger partial charge < -0.3 is 19.5 Å². The van der Waals surface area contributed by atoms with Crippen molar-refractivity contribution in [1.29, 1.82) is 0 Å². The van der Waals surface area contributed by atoms with Gasteiger partial charge in [-0.1, -0.05) is 17.4 Å². The molecule has 0 unspecified atom stereocenters. The number of thiazole rings is 1. The molecule has 1 fully saturated rings. The lowest BCUT2D eigenvalue weighted by molar-refractivity contribution is -0.134. The highest BCUT2D eigenvalue weighted by molar-refractivity contribution is 7.15. The second-order valence-corrected chi connectivity index (χ2v) is 7.37. The molecule has 3 heterocycles. The van der Waals surface area contributed by atoms with E-state index >= 15 is 0 Å². The zero-order chi connectivity index (χ0) is 18.2. The zero-order valence-corrected chi connectivity index (χ0v) is 14.6. The standard InChI is InChI=1S/C17H17F3N2O3S/c18-17(19,20)14-8-21-15(26-14)22-9-16(3-5-23-6-4-16)11-1-2-12-13(7-11)25-10-24-12/h1-2,7-8H,3-6,9-10H2,(H,21,22). The first kappa shape index (κ1) is 17.4. The third kappa shape index (κ3) is 3.33. The molecule has 0 radical (unpaired) electrons. The first-order valence-corrected chi connectivity index (χ1v) is 9.03. The van der Waals surface area contributed by atoms with Gasteiger partial charge in [0, 0.05) is 25.2 Å². The summed E-state index contributed by atoms with van der Waals surface area (Å²) in [5.41, 5.74) is 0.800. The predicted molar refractivity (Wildman–Crippen MR) is 89.9 cm³/mol. The minimum absolute atomic E-state index is 0.201. The minimum Gasteiger partial charge on any atom is -0.454 e. The van der Waals surface area contributed by atoms with Crippen LogP contribution >= 0.6 is 11.3 Å². The van der Waals surface area contributed by atoms with Crippen LogP contribution in [0.15, 0.2) is 24.4 Å². The number of hydrogen-bond acceptors (Lipinski definition) is 6. The fraction of sp³-hybridized carbons (Fsp3) is 0.471. The molecule has 0 saturated carbocycles. The monoisotopic (exact) mass is 386 g/mol. The van der Waals surface area contributed by atoms with Gasteiger partial charge in [-0.15, -0.1) is 0 Å². The summed E-state index contributed by atoms with van der Waals surface area (Å²) in [6.07, 6.45) is -1.98. The number of benzene rings is 1. The SMILES string of the molecule is FC(F)(F)c1cnc(NCC2(c3ccc4c(c3)OCO4)CCOCC2)s1. The van der Waals surface area contributed by atoms with E-state index in [-0.39, 0.29) is 17.3 Å². The molecule has 1 aromatic heterocycles. The van der Waals surface area contributed by atoms with Crippen molar-refractivity contribution in [3.63, 3.8) is 0 Å². The molecule has 5 nitrogen and oxygen atoms in total. The maximum absolute atomic E-state index is 12.8. The molecule has 2 aliphatic rings. The van der Waals surface area contributed by atoms with E-state index in [1.54, 1.807) is 0 Å². The van der Waals surface area contributed by atoms with E-state index in [1.807, 2.05) is 18.2 Å². The Hall–Kier alpha value is -2.00. The van der Waals surface area contributed by atoms with E-state index in [1.165, 1.54) is 0 Å². The van der Waals surface area contributed by atoms with Gasteiger partial charge in [0.1, 0.15) is 4.88 Å². The molecule has 140 valence electrons. The second kappa shape index (κ2) is 6.62. The summed E-state index contributed by atoms with van der Waals surface area (Å²) in [6.45, 7) is 1.87. The quantitative estimate of drug-likeness (QED) is 0.859. The fourth-order valence-corrected chi connectivity index (χ4v) is 3.97. The number of halogens is 3. The van der Waals surface area contributed by atoms with Crippen molar-refractivity contribution in [2.75, 3.05) is 31.9 Å². The number of aromatic nitrogens is 1. The van der Waals surface area contributed by atoms with Gasteiger partial charge in [-0.25, -0.2) is 4.98 Å². The zero-order valence-electron chi connectivity index (χ0n) is 13.8. The number of hydrogen-bond donors (Lipinski definition) is 1. The summed E-state index contributed by atoms with van der Waals surface area (Å²) < 4.78 is 54.6. The summed E-state index contributed by atoms with van der Waals surface area (Å²) in [6, 6.07) is 5.82. The van der Waals surface area contributed by atoms with E-state index in [4.69, 9.17) is 14.2 Å². The first-order valence-electron chi connectivity index (χ1n) is 8.21.